The third-order valence-corrected chi connectivity index (χ3v) is 3.91. The highest BCUT2D eigenvalue weighted by Crippen LogP contribution is 2.28. The summed E-state index contributed by atoms with van der Waals surface area (Å²) in [6.07, 6.45) is 7.62. The Kier molecular flexibility index (Phi) is 5.75. The van der Waals surface area contributed by atoms with Crippen molar-refractivity contribution in [1.82, 2.24) is 5.32 Å². The highest BCUT2D eigenvalue weighted by molar-refractivity contribution is 5.85. The topological polar surface area (TPSA) is 70.6 Å². The van der Waals surface area contributed by atoms with Crippen molar-refractivity contribution < 1.29 is 5.21 Å². The van der Waals surface area contributed by atoms with Crippen molar-refractivity contribution in [2.45, 2.75) is 52.4 Å². The fraction of sp³-hybridized carbons (Fsp3) is 0.923. The Morgan fingerprint density at radius 2 is 2.12 bits per heavy atom. The van der Waals surface area contributed by atoms with E-state index in [-0.39, 0.29) is 5.41 Å². The maximum absolute atomic E-state index is 8.65. The molecule has 0 amide bonds. The molecule has 1 fully saturated rings. The van der Waals surface area contributed by atoms with Crippen LogP contribution in [-0.4, -0.2) is 24.1 Å². The van der Waals surface area contributed by atoms with Crippen LogP contribution in [0.15, 0.2) is 5.16 Å². The third kappa shape index (κ3) is 4.94. The molecule has 0 aromatic heterocycles. The molecule has 4 nitrogen and oxygen atoms in total. The number of rotatable bonds is 8. The molecule has 0 aromatic carbocycles. The zero-order chi connectivity index (χ0) is 12.7. The number of oxime groups is 1. The Balaban J connectivity index is 1.99. The Labute approximate surface area is 105 Å². The molecule has 1 saturated carbocycles. The molecule has 17 heavy (non-hydrogen) atoms. The normalized spacial score (nSPS) is 18.1. The van der Waals surface area contributed by atoms with Gasteiger partial charge in [0.15, 0.2) is 0 Å². The minimum Gasteiger partial charge on any atom is -0.409 e. The van der Waals surface area contributed by atoms with Crippen molar-refractivity contribution in [3.8, 4) is 0 Å². The van der Waals surface area contributed by atoms with E-state index in [1.54, 1.807) is 0 Å². The lowest BCUT2D eigenvalue weighted by Crippen LogP contribution is -2.32. The molecule has 0 heterocycles. The summed E-state index contributed by atoms with van der Waals surface area (Å²) in [4.78, 5) is 0. The second kappa shape index (κ2) is 6.84. The fourth-order valence-corrected chi connectivity index (χ4v) is 2.13. The molecular weight excluding hydrogens is 214 g/mol. The molecule has 0 aromatic rings. The minimum atomic E-state index is -0.204. The van der Waals surface area contributed by atoms with Crippen molar-refractivity contribution in [3.63, 3.8) is 0 Å². The first-order valence-electron chi connectivity index (χ1n) is 6.75. The summed E-state index contributed by atoms with van der Waals surface area (Å²) < 4.78 is 0. The number of nitrogens with zero attached hydrogens (tertiary/aromatic N) is 1. The van der Waals surface area contributed by atoms with Gasteiger partial charge in [-0.05, 0) is 38.3 Å². The molecule has 0 aliphatic heterocycles. The van der Waals surface area contributed by atoms with Crippen molar-refractivity contribution >= 4 is 5.84 Å². The smallest absolute Gasteiger partial charge is 0.144 e. The van der Waals surface area contributed by atoms with E-state index >= 15 is 0 Å². The van der Waals surface area contributed by atoms with E-state index in [9.17, 15) is 0 Å². The van der Waals surface area contributed by atoms with Gasteiger partial charge in [0.05, 0.1) is 0 Å². The van der Waals surface area contributed by atoms with Crippen LogP contribution in [0, 0.1) is 11.3 Å². The van der Waals surface area contributed by atoms with Crippen LogP contribution in [-0.2, 0) is 0 Å². The number of amidine groups is 1. The van der Waals surface area contributed by atoms with Crippen LogP contribution in [0.5, 0.6) is 0 Å². The average molecular weight is 241 g/mol. The molecule has 4 heteroatoms. The average Bonchev–Trinajstić information content (AvgIpc) is 2.24. The first kappa shape index (κ1) is 14.3. The van der Waals surface area contributed by atoms with Gasteiger partial charge in [0.2, 0.25) is 0 Å². The van der Waals surface area contributed by atoms with Crippen LogP contribution in [0.3, 0.4) is 0 Å². The molecule has 0 spiro atoms. The van der Waals surface area contributed by atoms with Gasteiger partial charge in [0.25, 0.3) is 0 Å². The molecule has 0 unspecified atom stereocenters. The van der Waals surface area contributed by atoms with Gasteiger partial charge in [-0.2, -0.15) is 0 Å². The minimum absolute atomic E-state index is 0.204. The Bertz CT molecular complexity index is 247. The largest absolute Gasteiger partial charge is 0.409 e. The zero-order valence-corrected chi connectivity index (χ0v) is 11.2. The predicted molar refractivity (Wildman–Crippen MR) is 71.3 cm³/mol. The zero-order valence-electron chi connectivity index (χ0n) is 11.2. The first-order chi connectivity index (χ1) is 8.06. The Hall–Kier alpha value is -0.770. The monoisotopic (exact) mass is 241 g/mol. The van der Waals surface area contributed by atoms with Crippen LogP contribution >= 0.6 is 0 Å². The van der Waals surface area contributed by atoms with Gasteiger partial charge in [-0.15, -0.1) is 0 Å². The molecular formula is C13H27N3O. The molecule has 4 N–H and O–H groups in total. The highest BCUT2D eigenvalue weighted by atomic mass is 16.4. The second-order valence-electron chi connectivity index (χ2n) is 5.81. The lowest BCUT2D eigenvalue weighted by atomic mass is 9.83. The molecule has 0 bridgehead atoms. The van der Waals surface area contributed by atoms with E-state index in [2.05, 4.69) is 10.5 Å². The summed E-state index contributed by atoms with van der Waals surface area (Å²) in [6.45, 7) is 6.18. The fourth-order valence-electron chi connectivity index (χ4n) is 2.13. The van der Waals surface area contributed by atoms with Crippen LogP contribution in [0.2, 0.25) is 0 Å². The van der Waals surface area contributed by atoms with Gasteiger partial charge < -0.3 is 16.3 Å². The van der Waals surface area contributed by atoms with Crippen LogP contribution in [0.25, 0.3) is 0 Å². The van der Waals surface area contributed by atoms with Crippen LogP contribution in [0.1, 0.15) is 52.4 Å². The molecule has 0 saturated heterocycles. The lowest BCUT2D eigenvalue weighted by molar-refractivity contribution is 0.290. The van der Waals surface area contributed by atoms with Gasteiger partial charge in [-0.3, -0.25) is 0 Å². The number of nitrogens with two attached hydrogens (primary N) is 1. The molecule has 1 aliphatic rings. The number of nitrogens with one attached hydrogen (secondary N) is 1. The van der Waals surface area contributed by atoms with Gasteiger partial charge in [0.1, 0.15) is 5.84 Å². The van der Waals surface area contributed by atoms with Crippen LogP contribution in [0.4, 0.5) is 0 Å². The Morgan fingerprint density at radius 3 is 2.65 bits per heavy atom. The molecule has 0 atom stereocenters. The van der Waals surface area contributed by atoms with Gasteiger partial charge in [0, 0.05) is 5.41 Å². The summed E-state index contributed by atoms with van der Waals surface area (Å²) in [7, 11) is 0. The van der Waals surface area contributed by atoms with E-state index in [0.717, 1.165) is 31.8 Å². The van der Waals surface area contributed by atoms with Crippen molar-refractivity contribution in [1.29, 1.82) is 0 Å². The number of hydrogen-bond acceptors (Lipinski definition) is 3. The maximum atomic E-state index is 8.65. The molecule has 0 radical (unpaired) electrons. The molecule has 1 aliphatic carbocycles. The SMILES string of the molecule is CC(C)(CCCNCCC1CCC1)C(N)=NO. The van der Waals surface area contributed by atoms with E-state index in [4.69, 9.17) is 10.9 Å². The maximum Gasteiger partial charge on any atom is 0.144 e. The van der Waals surface area contributed by atoms with Crippen molar-refractivity contribution in [2.75, 3.05) is 13.1 Å². The molecule has 1 rings (SSSR count). The predicted octanol–water partition coefficient (Wildman–Crippen LogP) is 2.32. The summed E-state index contributed by atoms with van der Waals surface area (Å²) in [5.41, 5.74) is 5.43. The summed E-state index contributed by atoms with van der Waals surface area (Å²) in [5, 5.41) is 15.2. The summed E-state index contributed by atoms with van der Waals surface area (Å²) in [6, 6.07) is 0. The van der Waals surface area contributed by atoms with Crippen molar-refractivity contribution in [3.05, 3.63) is 0 Å². The Morgan fingerprint density at radius 1 is 1.41 bits per heavy atom. The van der Waals surface area contributed by atoms with E-state index in [1.807, 2.05) is 13.8 Å². The van der Waals surface area contributed by atoms with E-state index in [0.29, 0.717) is 5.84 Å². The van der Waals surface area contributed by atoms with Gasteiger partial charge >= 0.3 is 0 Å². The molecule has 100 valence electrons. The van der Waals surface area contributed by atoms with Crippen molar-refractivity contribution in [2.24, 2.45) is 22.2 Å². The van der Waals surface area contributed by atoms with E-state index < -0.39 is 0 Å². The first-order valence-corrected chi connectivity index (χ1v) is 6.75. The van der Waals surface area contributed by atoms with Gasteiger partial charge in [-0.25, -0.2) is 0 Å². The third-order valence-electron chi connectivity index (χ3n) is 3.91. The number of hydrogen-bond donors (Lipinski definition) is 3. The quantitative estimate of drug-likeness (QED) is 0.201. The van der Waals surface area contributed by atoms with Gasteiger partial charge in [-0.1, -0.05) is 38.3 Å². The van der Waals surface area contributed by atoms with E-state index in [1.165, 1.54) is 25.7 Å². The summed E-state index contributed by atoms with van der Waals surface area (Å²) in [5.74, 6) is 1.31. The highest BCUT2D eigenvalue weighted by Gasteiger charge is 2.22. The standard InChI is InChI=1S/C13H27N3O/c1-13(2,12(14)16-17)8-4-9-15-10-7-11-5-3-6-11/h11,15,17H,3-10H2,1-2H3,(H2,14,16). The van der Waals surface area contributed by atoms with Crippen LogP contribution < -0.4 is 11.1 Å². The lowest BCUT2D eigenvalue weighted by Gasteiger charge is -2.25. The second-order valence-corrected chi connectivity index (χ2v) is 5.81. The summed E-state index contributed by atoms with van der Waals surface area (Å²) >= 11 is 0.